The first-order chi connectivity index (χ1) is 14.5. The zero-order valence-corrected chi connectivity index (χ0v) is 17.6. The molecule has 3 aromatic carbocycles. The molecule has 0 atom stereocenters. The van der Waals surface area contributed by atoms with E-state index in [4.69, 9.17) is 11.6 Å². The molecule has 2 N–H and O–H groups in total. The largest absolute Gasteiger partial charge is 0.418 e. The second-order valence-electron chi connectivity index (χ2n) is 6.59. The third kappa shape index (κ3) is 5.36. The average molecular weight is 469 g/mol. The molecule has 0 unspecified atom stereocenters. The molecular formula is C21H16ClF3N2O3S. The second-order valence-corrected chi connectivity index (χ2v) is 8.71. The molecule has 0 spiro atoms. The van der Waals surface area contributed by atoms with E-state index in [1.807, 2.05) is 0 Å². The van der Waals surface area contributed by atoms with E-state index in [2.05, 4.69) is 10.0 Å². The Morgan fingerprint density at radius 3 is 2.26 bits per heavy atom. The van der Waals surface area contributed by atoms with Gasteiger partial charge < -0.3 is 5.32 Å². The first kappa shape index (κ1) is 22.6. The molecule has 3 rings (SSSR count). The summed E-state index contributed by atoms with van der Waals surface area (Å²) in [6.07, 6.45) is -4.72. The van der Waals surface area contributed by atoms with Gasteiger partial charge in [-0.15, -0.1) is 0 Å². The standard InChI is InChI=1S/C21H16ClF3N2O3S/c1-13-7-8-14(11-19(13)27-31(29,30)16-5-3-2-4-6-16)20(28)26-18-10-9-15(22)12-17(18)21(23,24)25/h2-12,27H,1H3,(H,26,28). The number of alkyl halides is 3. The molecule has 0 aromatic heterocycles. The van der Waals surface area contributed by atoms with E-state index in [9.17, 15) is 26.4 Å². The number of aryl methyl sites for hydroxylation is 1. The summed E-state index contributed by atoms with van der Waals surface area (Å²) in [5.41, 5.74) is -0.930. The van der Waals surface area contributed by atoms with Crippen LogP contribution < -0.4 is 10.0 Å². The minimum atomic E-state index is -4.72. The van der Waals surface area contributed by atoms with E-state index in [1.54, 1.807) is 25.1 Å². The van der Waals surface area contributed by atoms with Crippen LogP contribution in [-0.4, -0.2) is 14.3 Å². The quantitative estimate of drug-likeness (QED) is 0.503. The predicted octanol–water partition coefficient (Wildman–Crippen LogP) is 5.72. The van der Waals surface area contributed by atoms with Crippen LogP contribution in [0.25, 0.3) is 0 Å². The fourth-order valence-electron chi connectivity index (χ4n) is 2.73. The van der Waals surface area contributed by atoms with Crippen molar-refractivity contribution in [3.05, 3.63) is 88.4 Å². The Morgan fingerprint density at radius 2 is 1.61 bits per heavy atom. The Morgan fingerprint density at radius 1 is 0.935 bits per heavy atom. The molecule has 0 bridgehead atoms. The Kier molecular flexibility index (Phi) is 6.28. The first-order valence-electron chi connectivity index (χ1n) is 8.84. The zero-order valence-electron chi connectivity index (χ0n) is 16.0. The highest BCUT2D eigenvalue weighted by molar-refractivity contribution is 7.92. The third-order valence-electron chi connectivity index (χ3n) is 4.33. The van der Waals surface area contributed by atoms with Crippen LogP contribution in [0.2, 0.25) is 5.02 Å². The zero-order chi connectivity index (χ0) is 22.8. The van der Waals surface area contributed by atoms with Crippen LogP contribution in [-0.2, 0) is 16.2 Å². The number of benzene rings is 3. The number of anilines is 2. The van der Waals surface area contributed by atoms with Gasteiger partial charge in [0.15, 0.2) is 0 Å². The number of rotatable bonds is 5. The maximum atomic E-state index is 13.3. The SMILES string of the molecule is Cc1ccc(C(=O)Nc2ccc(Cl)cc2C(F)(F)F)cc1NS(=O)(=O)c1ccccc1. The molecule has 31 heavy (non-hydrogen) atoms. The van der Waals surface area contributed by atoms with Gasteiger partial charge in [0.05, 0.1) is 21.8 Å². The summed E-state index contributed by atoms with van der Waals surface area (Å²) < 4.78 is 67.3. The van der Waals surface area contributed by atoms with E-state index in [0.717, 1.165) is 6.07 Å². The summed E-state index contributed by atoms with van der Waals surface area (Å²) in [5, 5.41) is 2.08. The van der Waals surface area contributed by atoms with Gasteiger partial charge >= 0.3 is 6.18 Å². The molecule has 0 saturated heterocycles. The smallest absolute Gasteiger partial charge is 0.321 e. The van der Waals surface area contributed by atoms with Gasteiger partial charge in [-0.3, -0.25) is 9.52 Å². The highest BCUT2D eigenvalue weighted by atomic mass is 35.5. The van der Waals surface area contributed by atoms with E-state index < -0.39 is 33.4 Å². The van der Waals surface area contributed by atoms with E-state index in [1.165, 1.54) is 36.4 Å². The molecule has 0 aliphatic rings. The number of hydrogen-bond acceptors (Lipinski definition) is 3. The minimum absolute atomic E-state index is 0.0280. The van der Waals surface area contributed by atoms with Gasteiger partial charge in [-0.05, 0) is 55.0 Å². The fraction of sp³-hybridized carbons (Fsp3) is 0.0952. The molecule has 5 nitrogen and oxygen atoms in total. The van der Waals surface area contributed by atoms with Gasteiger partial charge in [0.2, 0.25) is 0 Å². The summed E-state index contributed by atoms with van der Waals surface area (Å²) in [6, 6.07) is 14.7. The number of halogens is 4. The Labute approximate surface area is 181 Å². The molecule has 1 amide bonds. The lowest BCUT2D eigenvalue weighted by atomic mass is 10.1. The number of carbonyl (C=O) groups is 1. The number of amides is 1. The Hall–Kier alpha value is -3.04. The van der Waals surface area contributed by atoms with Gasteiger partial charge in [-0.2, -0.15) is 13.2 Å². The summed E-state index contributed by atoms with van der Waals surface area (Å²) in [4.78, 5) is 12.6. The average Bonchev–Trinajstić information content (AvgIpc) is 2.70. The maximum Gasteiger partial charge on any atom is 0.418 e. The highest BCUT2D eigenvalue weighted by Crippen LogP contribution is 2.36. The van der Waals surface area contributed by atoms with Crippen molar-refractivity contribution in [3.8, 4) is 0 Å². The van der Waals surface area contributed by atoms with Crippen LogP contribution in [0.5, 0.6) is 0 Å². The van der Waals surface area contributed by atoms with Crippen LogP contribution >= 0.6 is 11.6 Å². The Bertz CT molecular complexity index is 1230. The molecular weight excluding hydrogens is 453 g/mol. The van der Waals surface area contributed by atoms with E-state index in [0.29, 0.717) is 11.6 Å². The Balaban J connectivity index is 1.90. The lowest BCUT2D eigenvalue weighted by Gasteiger charge is -2.15. The molecule has 3 aromatic rings. The van der Waals surface area contributed by atoms with Crippen LogP contribution in [0.15, 0.2) is 71.6 Å². The van der Waals surface area contributed by atoms with Crippen LogP contribution in [0.3, 0.4) is 0 Å². The molecule has 0 aliphatic carbocycles. The predicted molar refractivity (Wildman–Crippen MR) is 113 cm³/mol. The molecule has 0 heterocycles. The summed E-state index contributed by atoms with van der Waals surface area (Å²) in [5.74, 6) is -0.840. The molecule has 10 heteroatoms. The van der Waals surface area contributed by atoms with Gasteiger partial charge in [0.1, 0.15) is 0 Å². The normalized spacial score (nSPS) is 11.8. The molecule has 0 fully saturated rings. The number of nitrogens with one attached hydrogen (secondary N) is 2. The molecule has 0 aliphatic heterocycles. The van der Waals surface area contributed by atoms with E-state index >= 15 is 0 Å². The summed E-state index contributed by atoms with van der Waals surface area (Å²) in [7, 11) is -3.91. The van der Waals surface area contributed by atoms with Gasteiger partial charge in [0.25, 0.3) is 15.9 Å². The topological polar surface area (TPSA) is 75.3 Å². The van der Waals surface area contributed by atoms with Crippen molar-refractivity contribution >= 4 is 38.9 Å². The number of carbonyl (C=O) groups excluding carboxylic acids is 1. The lowest BCUT2D eigenvalue weighted by Crippen LogP contribution is -2.18. The van der Waals surface area contributed by atoms with Crippen molar-refractivity contribution < 1.29 is 26.4 Å². The van der Waals surface area contributed by atoms with E-state index in [-0.39, 0.29) is 21.2 Å². The summed E-state index contributed by atoms with van der Waals surface area (Å²) >= 11 is 5.65. The lowest BCUT2D eigenvalue weighted by molar-refractivity contribution is -0.136. The van der Waals surface area contributed by atoms with Gasteiger partial charge in [-0.25, -0.2) is 8.42 Å². The molecule has 0 radical (unpaired) electrons. The van der Waals surface area contributed by atoms with Crippen LogP contribution in [0.1, 0.15) is 21.5 Å². The van der Waals surface area contributed by atoms with Crippen LogP contribution in [0, 0.1) is 6.92 Å². The summed E-state index contributed by atoms with van der Waals surface area (Å²) in [6.45, 7) is 1.63. The maximum absolute atomic E-state index is 13.3. The van der Waals surface area contributed by atoms with Crippen molar-refractivity contribution in [1.29, 1.82) is 0 Å². The number of hydrogen-bond donors (Lipinski definition) is 2. The number of sulfonamides is 1. The van der Waals surface area contributed by atoms with Crippen molar-refractivity contribution in [2.75, 3.05) is 10.0 Å². The third-order valence-corrected chi connectivity index (χ3v) is 5.95. The minimum Gasteiger partial charge on any atom is -0.321 e. The van der Waals surface area contributed by atoms with Crippen molar-refractivity contribution in [3.63, 3.8) is 0 Å². The van der Waals surface area contributed by atoms with Crippen molar-refractivity contribution in [2.45, 2.75) is 18.0 Å². The first-order valence-corrected chi connectivity index (χ1v) is 10.7. The van der Waals surface area contributed by atoms with Gasteiger partial charge in [-0.1, -0.05) is 35.9 Å². The second kappa shape index (κ2) is 8.60. The van der Waals surface area contributed by atoms with Crippen LogP contribution in [0.4, 0.5) is 24.5 Å². The fourth-order valence-corrected chi connectivity index (χ4v) is 4.05. The van der Waals surface area contributed by atoms with Crippen molar-refractivity contribution in [1.82, 2.24) is 0 Å². The highest BCUT2D eigenvalue weighted by Gasteiger charge is 2.34. The van der Waals surface area contributed by atoms with Gasteiger partial charge in [0, 0.05) is 10.6 Å². The molecule has 162 valence electrons. The molecule has 0 saturated carbocycles. The van der Waals surface area contributed by atoms with Crippen molar-refractivity contribution in [2.24, 2.45) is 0 Å². The monoisotopic (exact) mass is 468 g/mol.